The van der Waals surface area contributed by atoms with E-state index in [1.54, 1.807) is 0 Å². The quantitative estimate of drug-likeness (QED) is 0.395. The Bertz CT molecular complexity index is 1130. The van der Waals surface area contributed by atoms with E-state index < -0.39 is 0 Å². The maximum atomic E-state index is 6.27. The van der Waals surface area contributed by atoms with Gasteiger partial charge in [0.25, 0.3) is 0 Å². The summed E-state index contributed by atoms with van der Waals surface area (Å²) in [6, 6.07) is 21.2. The normalized spacial score (nSPS) is 13.3. The van der Waals surface area contributed by atoms with E-state index in [1.165, 1.54) is 28.2 Å². The first kappa shape index (κ1) is 17.6. The minimum atomic E-state index is 0.736. The van der Waals surface area contributed by atoms with E-state index in [9.17, 15) is 0 Å². The van der Waals surface area contributed by atoms with Crippen LogP contribution in [0.3, 0.4) is 0 Å². The maximum absolute atomic E-state index is 6.27. The molecule has 0 aliphatic carbocycles. The zero-order valence-corrected chi connectivity index (χ0v) is 16.9. The van der Waals surface area contributed by atoms with E-state index in [-0.39, 0.29) is 0 Å². The molecule has 0 atom stereocenters. The second-order valence-electron chi connectivity index (χ2n) is 6.99. The molecule has 0 bridgehead atoms. The largest absolute Gasteiger partial charge is 0.354 e. The Hall–Kier alpha value is -2.49. The van der Waals surface area contributed by atoms with Crippen molar-refractivity contribution in [2.24, 2.45) is 0 Å². The molecule has 0 saturated carbocycles. The Labute approximate surface area is 174 Å². The number of thioether (sulfide) groups is 1. The molecule has 0 fully saturated rings. The van der Waals surface area contributed by atoms with Gasteiger partial charge in [0.1, 0.15) is 0 Å². The summed E-state index contributed by atoms with van der Waals surface area (Å²) in [7, 11) is 0. The SMILES string of the molecule is Clc1cccc(-c2[nH]c(-c3ccc4c(c3)CCCS4)cc2-c2ccncc2)c1. The van der Waals surface area contributed by atoms with Gasteiger partial charge in [-0.3, -0.25) is 4.98 Å². The van der Waals surface area contributed by atoms with Gasteiger partial charge in [-0.25, -0.2) is 0 Å². The molecule has 4 aromatic rings. The molecule has 28 heavy (non-hydrogen) atoms. The number of aromatic nitrogens is 2. The maximum Gasteiger partial charge on any atom is 0.0538 e. The Morgan fingerprint density at radius 1 is 0.893 bits per heavy atom. The molecule has 0 amide bonds. The lowest BCUT2D eigenvalue weighted by Crippen LogP contribution is -1.98. The monoisotopic (exact) mass is 402 g/mol. The summed E-state index contributed by atoms with van der Waals surface area (Å²) >= 11 is 8.23. The van der Waals surface area contributed by atoms with E-state index in [2.05, 4.69) is 40.3 Å². The molecule has 2 aromatic carbocycles. The highest BCUT2D eigenvalue weighted by atomic mass is 35.5. The Morgan fingerprint density at radius 2 is 1.79 bits per heavy atom. The van der Waals surface area contributed by atoms with Crippen LogP contribution in [0, 0.1) is 0 Å². The Morgan fingerprint density at radius 3 is 2.64 bits per heavy atom. The number of rotatable bonds is 3. The summed E-state index contributed by atoms with van der Waals surface area (Å²) in [6.07, 6.45) is 6.08. The molecule has 3 heterocycles. The average molecular weight is 403 g/mol. The van der Waals surface area contributed by atoms with Crippen LogP contribution in [0.2, 0.25) is 5.02 Å². The molecular formula is C24H19ClN2S. The van der Waals surface area contributed by atoms with Crippen molar-refractivity contribution < 1.29 is 0 Å². The van der Waals surface area contributed by atoms with Crippen LogP contribution in [0.4, 0.5) is 0 Å². The molecule has 0 radical (unpaired) electrons. The van der Waals surface area contributed by atoms with Gasteiger partial charge in [0, 0.05) is 39.1 Å². The fourth-order valence-corrected chi connectivity index (χ4v) is 4.98. The van der Waals surface area contributed by atoms with Crippen LogP contribution in [0.5, 0.6) is 0 Å². The standard InChI is InChI=1S/C24H19ClN2S/c25-20-5-1-3-19(14-20)24-21(16-8-10-26-11-9-16)15-22(27-24)17-6-7-23-18(13-17)4-2-12-28-23/h1,3,5-11,13-15,27H,2,4,12H2. The lowest BCUT2D eigenvalue weighted by molar-refractivity contribution is 0.890. The number of aromatic amines is 1. The van der Waals surface area contributed by atoms with Crippen molar-refractivity contribution in [2.45, 2.75) is 17.7 Å². The first-order valence-corrected chi connectivity index (χ1v) is 10.8. The molecule has 1 aliphatic rings. The number of halogens is 1. The molecule has 1 aliphatic heterocycles. The Kier molecular flexibility index (Phi) is 4.71. The second-order valence-corrected chi connectivity index (χ2v) is 8.57. The van der Waals surface area contributed by atoms with Crippen LogP contribution in [0.1, 0.15) is 12.0 Å². The third-order valence-electron chi connectivity index (χ3n) is 5.14. The molecule has 138 valence electrons. The molecular weight excluding hydrogens is 384 g/mol. The second kappa shape index (κ2) is 7.50. The first-order valence-electron chi connectivity index (χ1n) is 9.43. The van der Waals surface area contributed by atoms with Gasteiger partial charge in [-0.05, 0) is 77.7 Å². The van der Waals surface area contributed by atoms with Crippen LogP contribution in [0.25, 0.3) is 33.6 Å². The predicted octanol–water partition coefficient (Wildman–Crippen LogP) is 7.10. The highest BCUT2D eigenvalue weighted by Crippen LogP contribution is 2.38. The predicted molar refractivity (Wildman–Crippen MR) is 119 cm³/mol. The average Bonchev–Trinajstić information content (AvgIpc) is 3.20. The minimum absolute atomic E-state index is 0.736. The summed E-state index contributed by atoms with van der Waals surface area (Å²) in [6.45, 7) is 0. The number of hydrogen-bond donors (Lipinski definition) is 1. The van der Waals surface area contributed by atoms with Gasteiger partial charge in [-0.2, -0.15) is 0 Å². The zero-order chi connectivity index (χ0) is 18.9. The number of pyridine rings is 1. The fourth-order valence-electron chi connectivity index (χ4n) is 3.77. The number of nitrogens with zero attached hydrogens (tertiary/aromatic N) is 1. The molecule has 5 rings (SSSR count). The van der Waals surface area contributed by atoms with Crippen molar-refractivity contribution >= 4 is 23.4 Å². The first-order chi connectivity index (χ1) is 13.8. The summed E-state index contributed by atoms with van der Waals surface area (Å²) in [5.74, 6) is 1.22. The molecule has 2 nitrogen and oxygen atoms in total. The summed E-state index contributed by atoms with van der Waals surface area (Å²) in [5, 5.41) is 0.736. The molecule has 2 aromatic heterocycles. The van der Waals surface area contributed by atoms with Crippen molar-refractivity contribution in [3.8, 4) is 33.6 Å². The van der Waals surface area contributed by atoms with Gasteiger partial charge < -0.3 is 4.98 Å². The van der Waals surface area contributed by atoms with Gasteiger partial charge in [0.05, 0.1) is 5.69 Å². The number of nitrogens with one attached hydrogen (secondary N) is 1. The van der Waals surface area contributed by atoms with E-state index >= 15 is 0 Å². The van der Waals surface area contributed by atoms with Crippen molar-refractivity contribution in [2.75, 3.05) is 5.75 Å². The van der Waals surface area contributed by atoms with Crippen LogP contribution in [0.15, 0.2) is 78.0 Å². The van der Waals surface area contributed by atoms with Gasteiger partial charge in [-0.1, -0.05) is 29.8 Å². The van der Waals surface area contributed by atoms with Crippen LogP contribution < -0.4 is 0 Å². The van der Waals surface area contributed by atoms with Crippen molar-refractivity contribution in [1.29, 1.82) is 0 Å². The van der Waals surface area contributed by atoms with E-state index in [1.807, 2.05) is 54.5 Å². The van der Waals surface area contributed by atoms with Crippen molar-refractivity contribution in [1.82, 2.24) is 9.97 Å². The minimum Gasteiger partial charge on any atom is -0.354 e. The van der Waals surface area contributed by atoms with Gasteiger partial charge in [0.15, 0.2) is 0 Å². The number of benzene rings is 2. The number of hydrogen-bond acceptors (Lipinski definition) is 2. The van der Waals surface area contributed by atoms with E-state index in [4.69, 9.17) is 11.6 Å². The smallest absolute Gasteiger partial charge is 0.0538 e. The number of fused-ring (bicyclic) bond motifs is 1. The molecule has 0 spiro atoms. The topological polar surface area (TPSA) is 28.7 Å². The lowest BCUT2D eigenvalue weighted by Gasteiger charge is -2.15. The lowest BCUT2D eigenvalue weighted by atomic mass is 10.0. The van der Waals surface area contributed by atoms with Gasteiger partial charge in [0.2, 0.25) is 0 Å². The van der Waals surface area contributed by atoms with E-state index in [0.717, 1.165) is 39.5 Å². The third kappa shape index (κ3) is 3.36. The van der Waals surface area contributed by atoms with E-state index in [0.29, 0.717) is 0 Å². The van der Waals surface area contributed by atoms with Gasteiger partial charge >= 0.3 is 0 Å². The molecule has 4 heteroatoms. The highest BCUT2D eigenvalue weighted by Gasteiger charge is 2.16. The van der Waals surface area contributed by atoms with Crippen molar-refractivity contribution in [3.63, 3.8) is 0 Å². The Balaban J connectivity index is 1.66. The van der Waals surface area contributed by atoms with Crippen LogP contribution in [-0.2, 0) is 6.42 Å². The third-order valence-corrected chi connectivity index (χ3v) is 6.58. The zero-order valence-electron chi connectivity index (χ0n) is 15.3. The molecule has 1 N–H and O–H groups in total. The number of H-pyrrole nitrogens is 1. The summed E-state index contributed by atoms with van der Waals surface area (Å²) < 4.78 is 0. The fraction of sp³-hybridized carbons (Fsp3) is 0.125. The van der Waals surface area contributed by atoms with Crippen LogP contribution >= 0.6 is 23.4 Å². The molecule has 0 unspecified atom stereocenters. The van der Waals surface area contributed by atoms with Crippen LogP contribution in [-0.4, -0.2) is 15.7 Å². The highest BCUT2D eigenvalue weighted by molar-refractivity contribution is 7.99. The number of aryl methyl sites for hydroxylation is 1. The summed E-state index contributed by atoms with van der Waals surface area (Å²) in [5.41, 5.74) is 8.27. The summed E-state index contributed by atoms with van der Waals surface area (Å²) in [4.78, 5) is 9.25. The van der Waals surface area contributed by atoms with Crippen molar-refractivity contribution in [3.05, 3.63) is 83.6 Å². The van der Waals surface area contributed by atoms with Gasteiger partial charge in [-0.15, -0.1) is 11.8 Å². The molecule has 0 saturated heterocycles.